The third-order valence-corrected chi connectivity index (χ3v) is 13.2. The van der Waals surface area contributed by atoms with Crippen molar-refractivity contribution in [2.24, 2.45) is 0 Å². The average molecular weight is 747 g/mol. The van der Waals surface area contributed by atoms with Crippen LogP contribution in [0.25, 0.3) is 70.8 Å². The molecule has 0 saturated heterocycles. The predicted molar refractivity (Wildman–Crippen MR) is 235 cm³/mol. The number of rotatable bonds is 4. The summed E-state index contributed by atoms with van der Waals surface area (Å²) in [5.41, 5.74) is 14.6. The second-order valence-electron chi connectivity index (χ2n) is 15.2. The lowest BCUT2D eigenvalue weighted by molar-refractivity contribution is 0.432. The van der Waals surface area contributed by atoms with Crippen LogP contribution in [0.3, 0.4) is 0 Å². The normalized spacial score (nSPS) is 16.4. The smallest absolute Gasteiger partial charge is 0.160 e. The van der Waals surface area contributed by atoms with Crippen LogP contribution in [-0.4, -0.2) is 9.97 Å². The quantitative estimate of drug-likeness (QED) is 0.180. The highest BCUT2D eigenvalue weighted by atomic mass is 32.1. The molecule has 268 valence electrons. The molecule has 9 aromatic rings. The van der Waals surface area contributed by atoms with Crippen LogP contribution >= 0.6 is 11.3 Å². The molecule has 3 heterocycles. The zero-order valence-electron chi connectivity index (χ0n) is 30.9. The maximum Gasteiger partial charge on any atom is 0.160 e. The maximum atomic E-state index is 6.85. The molecule has 1 spiro atoms. The molecule has 57 heavy (non-hydrogen) atoms. The van der Waals surface area contributed by atoms with Gasteiger partial charge in [0.25, 0.3) is 0 Å². The highest BCUT2D eigenvalue weighted by molar-refractivity contribution is 7.25. The molecule has 4 heteroatoms. The van der Waals surface area contributed by atoms with E-state index in [1.807, 2.05) is 17.4 Å². The van der Waals surface area contributed by atoms with E-state index in [-0.39, 0.29) is 0 Å². The summed E-state index contributed by atoms with van der Waals surface area (Å²) < 4.78 is 9.40. The van der Waals surface area contributed by atoms with E-state index >= 15 is 0 Å². The molecule has 0 radical (unpaired) electrons. The van der Waals surface area contributed by atoms with E-state index in [1.165, 1.54) is 53.6 Å². The molecule has 3 aliphatic rings. The van der Waals surface area contributed by atoms with Crippen LogP contribution in [0.15, 0.2) is 188 Å². The number of para-hydroxylation sites is 1. The van der Waals surface area contributed by atoms with Crippen molar-refractivity contribution in [3.8, 4) is 56.5 Å². The van der Waals surface area contributed by atoms with Gasteiger partial charge in [0.2, 0.25) is 0 Å². The molecule has 1 atom stereocenters. The highest BCUT2D eigenvalue weighted by Crippen LogP contribution is 2.63. The van der Waals surface area contributed by atoms with Crippen LogP contribution in [0.4, 0.5) is 0 Å². The zero-order valence-corrected chi connectivity index (χ0v) is 31.8. The summed E-state index contributed by atoms with van der Waals surface area (Å²) >= 11 is 1.83. The van der Waals surface area contributed by atoms with Gasteiger partial charge in [0.15, 0.2) is 5.82 Å². The number of hydrogen-bond donors (Lipinski definition) is 0. The van der Waals surface area contributed by atoms with Crippen LogP contribution in [0.2, 0.25) is 0 Å². The van der Waals surface area contributed by atoms with Crippen molar-refractivity contribution >= 4 is 37.1 Å². The first-order chi connectivity index (χ1) is 28.2. The third kappa shape index (κ3) is 4.90. The summed E-state index contributed by atoms with van der Waals surface area (Å²) in [5, 5.41) is 2.57. The van der Waals surface area contributed by atoms with Gasteiger partial charge in [-0.1, -0.05) is 146 Å². The number of hydrogen-bond acceptors (Lipinski definition) is 4. The van der Waals surface area contributed by atoms with Crippen LogP contribution in [0.1, 0.15) is 35.1 Å². The van der Waals surface area contributed by atoms with Gasteiger partial charge in [-0.05, 0) is 82.6 Å². The topological polar surface area (TPSA) is 35.0 Å². The molecular formula is C53H34N2OS. The standard InChI is InChI=1S/C53H34N2OS/c1-2-13-33(14-3-1)46-32-47(36-25-27-41-40-19-6-11-24-50(40)57-51(41)31-36)55-52(54-46)37-16-12-15-34(29-37)35-26-28-45-49(30-35)56-48-23-10-9-22-44(48)53(45)42-20-7-4-17-38(42)39-18-5-8-21-43(39)53/h1-7,9-20,22-32H,8,21H2. The second-order valence-corrected chi connectivity index (χ2v) is 16.2. The largest absolute Gasteiger partial charge is 0.457 e. The Bertz CT molecular complexity index is 3170. The van der Waals surface area contributed by atoms with Crippen molar-refractivity contribution < 1.29 is 4.74 Å². The van der Waals surface area contributed by atoms with Crippen LogP contribution in [0.5, 0.6) is 11.5 Å². The van der Waals surface area contributed by atoms with E-state index in [9.17, 15) is 0 Å². The van der Waals surface area contributed by atoms with E-state index in [2.05, 4.69) is 176 Å². The molecule has 2 aromatic heterocycles. The van der Waals surface area contributed by atoms with E-state index in [1.54, 1.807) is 0 Å². The second kappa shape index (κ2) is 12.6. The number of fused-ring (bicyclic) bond motifs is 11. The van der Waals surface area contributed by atoms with Crippen molar-refractivity contribution in [3.05, 3.63) is 210 Å². The number of allylic oxidation sites excluding steroid dienone is 4. The Balaban J connectivity index is 0.989. The molecule has 0 fully saturated rings. The Labute approximate surface area is 334 Å². The number of ether oxygens (including phenoxy) is 1. The van der Waals surface area contributed by atoms with Crippen molar-refractivity contribution in [2.75, 3.05) is 0 Å². The molecule has 1 unspecified atom stereocenters. The van der Waals surface area contributed by atoms with Gasteiger partial charge >= 0.3 is 0 Å². The average Bonchev–Trinajstić information content (AvgIpc) is 3.80. The first-order valence-electron chi connectivity index (χ1n) is 19.6. The molecule has 3 nitrogen and oxygen atoms in total. The Morgan fingerprint density at radius 1 is 0.491 bits per heavy atom. The van der Waals surface area contributed by atoms with E-state index in [0.29, 0.717) is 5.82 Å². The lowest BCUT2D eigenvalue weighted by atomic mass is 9.64. The lowest BCUT2D eigenvalue weighted by Gasteiger charge is -2.41. The predicted octanol–water partition coefficient (Wildman–Crippen LogP) is 14.1. The fourth-order valence-corrected chi connectivity index (χ4v) is 10.7. The van der Waals surface area contributed by atoms with Gasteiger partial charge in [-0.2, -0.15) is 0 Å². The van der Waals surface area contributed by atoms with Crippen molar-refractivity contribution in [1.82, 2.24) is 9.97 Å². The SMILES string of the molecule is C1=CC2=C(CC1)C1(c3ccccc3Oc3cc(-c4cccc(-c5nc(-c6ccccc6)cc(-c6ccc7c(c6)sc6ccccc67)n5)c4)ccc31)c1ccccc12. The molecule has 0 bridgehead atoms. The highest BCUT2D eigenvalue weighted by Gasteiger charge is 2.51. The molecule has 7 aromatic carbocycles. The maximum absolute atomic E-state index is 6.85. The molecule has 1 aliphatic heterocycles. The van der Waals surface area contributed by atoms with Crippen LogP contribution < -0.4 is 4.74 Å². The third-order valence-electron chi connectivity index (χ3n) is 12.1. The minimum Gasteiger partial charge on any atom is -0.457 e. The molecule has 12 rings (SSSR count). The Morgan fingerprint density at radius 2 is 1.19 bits per heavy atom. The van der Waals surface area contributed by atoms with Gasteiger partial charge < -0.3 is 4.74 Å². The summed E-state index contributed by atoms with van der Waals surface area (Å²) in [7, 11) is 0. The van der Waals surface area contributed by atoms with Gasteiger partial charge in [-0.3, -0.25) is 0 Å². The summed E-state index contributed by atoms with van der Waals surface area (Å²) in [4.78, 5) is 10.4. The van der Waals surface area contributed by atoms with Crippen molar-refractivity contribution in [2.45, 2.75) is 18.3 Å². The Hall–Kier alpha value is -6.88. The van der Waals surface area contributed by atoms with E-state index < -0.39 is 5.41 Å². The first kappa shape index (κ1) is 32.4. The number of thiophene rings is 1. The number of aromatic nitrogens is 2. The van der Waals surface area contributed by atoms with Crippen molar-refractivity contribution in [3.63, 3.8) is 0 Å². The molecule has 0 N–H and O–H groups in total. The zero-order chi connectivity index (χ0) is 37.5. The minimum atomic E-state index is -0.401. The minimum absolute atomic E-state index is 0.401. The molecular weight excluding hydrogens is 713 g/mol. The summed E-state index contributed by atoms with van der Waals surface area (Å²) in [6.07, 6.45) is 6.71. The first-order valence-corrected chi connectivity index (χ1v) is 20.4. The van der Waals surface area contributed by atoms with E-state index in [4.69, 9.17) is 14.7 Å². The van der Waals surface area contributed by atoms with Gasteiger partial charge in [0.1, 0.15) is 11.5 Å². The van der Waals surface area contributed by atoms with Gasteiger partial charge in [-0.25, -0.2) is 9.97 Å². The monoisotopic (exact) mass is 746 g/mol. The molecule has 2 aliphatic carbocycles. The Kier molecular flexibility index (Phi) is 7.14. The van der Waals surface area contributed by atoms with Gasteiger partial charge in [0, 0.05) is 48.0 Å². The number of nitrogens with zero attached hydrogens (tertiary/aromatic N) is 2. The fraction of sp³-hybridized carbons (Fsp3) is 0.0566. The number of benzene rings is 7. The summed E-state index contributed by atoms with van der Waals surface area (Å²) in [6, 6.07) is 60.9. The van der Waals surface area contributed by atoms with Gasteiger partial charge in [-0.15, -0.1) is 11.3 Å². The van der Waals surface area contributed by atoms with Crippen LogP contribution in [0, 0.1) is 0 Å². The van der Waals surface area contributed by atoms with Crippen LogP contribution in [-0.2, 0) is 5.41 Å². The summed E-state index contributed by atoms with van der Waals surface area (Å²) in [6.45, 7) is 0. The molecule has 0 saturated carbocycles. The van der Waals surface area contributed by atoms with Gasteiger partial charge in [0.05, 0.1) is 16.8 Å². The lowest BCUT2D eigenvalue weighted by Crippen LogP contribution is -2.33. The summed E-state index contributed by atoms with van der Waals surface area (Å²) in [5.74, 6) is 2.51. The Morgan fingerprint density at radius 3 is 2.12 bits per heavy atom. The molecule has 0 amide bonds. The van der Waals surface area contributed by atoms with Crippen molar-refractivity contribution in [1.29, 1.82) is 0 Å². The van der Waals surface area contributed by atoms with E-state index in [0.717, 1.165) is 63.5 Å². The fourth-order valence-electron chi connectivity index (χ4n) is 9.56.